The first-order chi connectivity index (χ1) is 12.1. The van der Waals surface area contributed by atoms with E-state index in [2.05, 4.69) is 20.9 Å². The number of halogens is 1. The first-order valence-electron chi connectivity index (χ1n) is 7.66. The number of hydrogen-bond donors (Lipinski definition) is 1. The number of nitro groups is 1. The number of hydrogen-bond acceptors (Lipinski definition) is 4. The number of rotatable bonds is 7. The van der Waals surface area contributed by atoms with Crippen LogP contribution >= 0.6 is 15.9 Å². The van der Waals surface area contributed by atoms with Crippen LogP contribution in [0.1, 0.15) is 11.3 Å². The van der Waals surface area contributed by atoms with Crippen molar-refractivity contribution >= 4 is 39.0 Å². The Kier molecular flexibility index (Phi) is 5.14. The lowest BCUT2D eigenvalue weighted by Gasteiger charge is -2.15. The van der Waals surface area contributed by atoms with Crippen LogP contribution in [-0.2, 0) is 22.4 Å². The lowest BCUT2D eigenvalue weighted by atomic mass is 10.0. The van der Waals surface area contributed by atoms with Gasteiger partial charge in [0, 0.05) is 46.0 Å². The van der Waals surface area contributed by atoms with Gasteiger partial charge in [0.15, 0.2) is 0 Å². The summed E-state index contributed by atoms with van der Waals surface area (Å²) in [6.07, 6.45) is 0.720. The quantitative estimate of drug-likeness (QED) is 0.365. The fourth-order valence-corrected chi connectivity index (χ4v) is 3.40. The van der Waals surface area contributed by atoms with Crippen LogP contribution in [0.3, 0.4) is 0 Å². The van der Waals surface area contributed by atoms with Gasteiger partial charge in [-0.25, -0.2) is 0 Å². The average Bonchev–Trinajstić information content (AvgIpc) is 2.91. The van der Waals surface area contributed by atoms with Crippen LogP contribution in [0.4, 0.5) is 5.69 Å². The summed E-state index contributed by atoms with van der Waals surface area (Å²) in [6, 6.07) is 14.4. The van der Waals surface area contributed by atoms with Crippen molar-refractivity contribution < 1.29 is 14.5 Å². The molecule has 0 fully saturated rings. The Hall–Kier alpha value is -2.67. The predicted molar refractivity (Wildman–Crippen MR) is 97.4 cm³/mol. The Balaban J connectivity index is 1.87. The molecule has 3 rings (SSSR count). The zero-order valence-electron chi connectivity index (χ0n) is 13.1. The zero-order valence-corrected chi connectivity index (χ0v) is 14.7. The number of ether oxygens (including phenoxy) is 1. The summed E-state index contributed by atoms with van der Waals surface area (Å²) in [5, 5.41) is 11.7. The number of nitrogens with zero attached hydrogens (tertiary/aromatic N) is 1. The molecule has 1 atom stereocenters. The molecule has 0 aliphatic carbocycles. The number of non-ortho nitro benzene ring substituents is 1. The van der Waals surface area contributed by atoms with E-state index >= 15 is 0 Å². The fraction of sp³-hybridized carbons (Fsp3) is 0.167. The summed E-state index contributed by atoms with van der Waals surface area (Å²) in [6.45, 7) is 0.453. The molecule has 0 spiro atoms. The maximum atomic E-state index is 11.0. The topological polar surface area (TPSA) is 85.2 Å². The van der Waals surface area contributed by atoms with Gasteiger partial charge >= 0.3 is 0 Å². The van der Waals surface area contributed by atoms with Crippen molar-refractivity contribution in [1.29, 1.82) is 0 Å². The van der Waals surface area contributed by atoms with Gasteiger partial charge in [0.1, 0.15) is 6.10 Å². The maximum absolute atomic E-state index is 11.0. The zero-order chi connectivity index (χ0) is 17.8. The summed E-state index contributed by atoms with van der Waals surface area (Å²) in [4.78, 5) is 24.6. The third-order valence-corrected chi connectivity index (χ3v) is 4.89. The molecule has 2 aromatic carbocycles. The number of H-pyrrole nitrogens is 1. The largest absolute Gasteiger partial charge is 0.464 e. The normalized spacial score (nSPS) is 12.0. The van der Waals surface area contributed by atoms with Crippen molar-refractivity contribution in [2.75, 3.05) is 0 Å². The van der Waals surface area contributed by atoms with Crippen LogP contribution in [0.25, 0.3) is 10.9 Å². The van der Waals surface area contributed by atoms with Crippen molar-refractivity contribution in [3.05, 3.63) is 74.4 Å². The van der Waals surface area contributed by atoms with Crippen LogP contribution in [0.5, 0.6) is 0 Å². The number of fused-ring (bicyclic) bond motifs is 1. The van der Waals surface area contributed by atoms with Gasteiger partial charge in [-0.05, 0) is 27.6 Å². The predicted octanol–water partition coefficient (Wildman–Crippen LogP) is 4.17. The second-order valence-electron chi connectivity index (χ2n) is 5.65. The van der Waals surface area contributed by atoms with Gasteiger partial charge in [0.2, 0.25) is 0 Å². The summed E-state index contributed by atoms with van der Waals surface area (Å²) >= 11 is 3.50. The number of carbonyl (C=O) groups excluding carboxylic acids is 1. The second kappa shape index (κ2) is 7.48. The van der Waals surface area contributed by atoms with E-state index in [-0.39, 0.29) is 11.8 Å². The third kappa shape index (κ3) is 3.88. The number of aromatic nitrogens is 1. The van der Waals surface area contributed by atoms with Gasteiger partial charge in [-0.1, -0.05) is 30.3 Å². The molecule has 1 unspecified atom stereocenters. The molecule has 0 radical (unpaired) electrons. The molecule has 1 aromatic heterocycles. The van der Waals surface area contributed by atoms with Crippen molar-refractivity contribution in [2.45, 2.75) is 18.9 Å². The highest BCUT2D eigenvalue weighted by atomic mass is 79.9. The molecule has 7 heteroatoms. The van der Waals surface area contributed by atoms with Crippen LogP contribution in [0.15, 0.2) is 53.0 Å². The van der Waals surface area contributed by atoms with Crippen LogP contribution < -0.4 is 0 Å². The SMILES string of the molecule is O=COC(Cc1ccccc1)Cc1[nH]c2ccc([N+](=O)[O-])cc2c1Br. The van der Waals surface area contributed by atoms with Crippen LogP contribution in [0, 0.1) is 10.1 Å². The number of nitrogens with one attached hydrogen (secondary N) is 1. The van der Waals surface area contributed by atoms with E-state index < -0.39 is 4.92 Å². The second-order valence-corrected chi connectivity index (χ2v) is 6.45. The number of aromatic amines is 1. The van der Waals surface area contributed by atoms with Crippen molar-refractivity contribution in [3.8, 4) is 0 Å². The highest BCUT2D eigenvalue weighted by Gasteiger charge is 2.18. The average molecular weight is 403 g/mol. The van der Waals surface area contributed by atoms with Gasteiger partial charge in [-0.15, -0.1) is 0 Å². The standard InChI is InChI=1S/C18H15BrN2O4/c19-18-15-9-13(21(23)24)6-7-16(15)20-17(18)10-14(25-11-22)8-12-4-2-1-3-5-12/h1-7,9,11,14,20H,8,10H2. The summed E-state index contributed by atoms with van der Waals surface area (Å²) in [7, 11) is 0. The smallest absolute Gasteiger partial charge is 0.293 e. The van der Waals surface area contributed by atoms with E-state index in [4.69, 9.17) is 4.74 Å². The molecule has 1 N–H and O–H groups in total. The van der Waals surface area contributed by atoms with E-state index in [0.29, 0.717) is 19.3 Å². The Morgan fingerprint density at radius 1 is 1.20 bits per heavy atom. The van der Waals surface area contributed by atoms with Gasteiger partial charge in [-0.3, -0.25) is 14.9 Å². The van der Waals surface area contributed by atoms with Gasteiger partial charge in [-0.2, -0.15) is 0 Å². The van der Waals surface area contributed by atoms with Gasteiger partial charge < -0.3 is 9.72 Å². The van der Waals surface area contributed by atoms with Gasteiger partial charge in [0.05, 0.1) is 4.92 Å². The highest BCUT2D eigenvalue weighted by molar-refractivity contribution is 9.10. The van der Waals surface area contributed by atoms with E-state index in [9.17, 15) is 14.9 Å². The summed E-state index contributed by atoms with van der Waals surface area (Å²) in [5.74, 6) is 0. The molecule has 128 valence electrons. The minimum absolute atomic E-state index is 0.0312. The minimum Gasteiger partial charge on any atom is -0.464 e. The first kappa shape index (κ1) is 17.2. The molecule has 0 aliphatic rings. The van der Waals surface area contributed by atoms with Crippen LogP contribution in [0.2, 0.25) is 0 Å². The van der Waals surface area contributed by atoms with Crippen molar-refractivity contribution in [2.24, 2.45) is 0 Å². The van der Waals surface area contributed by atoms with Crippen molar-refractivity contribution in [1.82, 2.24) is 4.98 Å². The van der Waals surface area contributed by atoms with Crippen LogP contribution in [-0.4, -0.2) is 22.5 Å². The lowest BCUT2D eigenvalue weighted by molar-refractivity contribution is -0.384. The Morgan fingerprint density at radius 2 is 1.96 bits per heavy atom. The summed E-state index contributed by atoms with van der Waals surface area (Å²) in [5.41, 5.74) is 2.72. The van der Waals surface area contributed by atoms with E-state index in [1.807, 2.05) is 30.3 Å². The third-order valence-electron chi connectivity index (χ3n) is 3.99. The van der Waals surface area contributed by atoms with E-state index in [1.54, 1.807) is 6.07 Å². The molecule has 0 bridgehead atoms. The monoisotopic (exact) mass is 402 g/mol. The van der Waals surface area contributed by atoms with Gasteiger partial charge in [0.25, 0.3) is 12.2 Å². The molecule has 3 aromatic rings. The minimum atomic E-state index is -0.424. The Morgan fingerprint density at radius 3 is 2.64 bits per heavy atom. The Bertz CT molecular complexity index is 908. The molecule has 0 saturated carbocycles. The maximum Gasteiger partial charge on any atom is 0.293 e. The molecule has 0 amide bonds. The number of nitro benzene ring substituents is 1. The molecule has 6 nitrogen and oxygen atoms in total. The van der Waals surface area contributed by atoms with E-state index in [1.165, 1.54) is 12.1 Å². The van der Waals surface area contributed by atoms with E-state index in [0.717, 1.165) is 26.6 Å². The number of carbonyl (C=O) groups is 1. The highest BCUT2D eigenvalue weighted by Crippen LogP contribution is 2.32. The molecule has 1 heterocycles. The first-order valence-corrected chi connectivity index (χ1v) is 8.45. The van der Waals surface area contributed by atoms with Crippen molar-refractivity contribution in [3.63, 3.8) is 0 Å². The fourth-order valence-electron chi connectivity index (χ4n) is 2.81. The molecular weight excluding hydrogens is 388 g/mol. The molecular formula is C18H15BrN2O4. The number of benzene rings is 2. The molecule has 0 saturated heterocycles. The Labute approximate surface area is 152 Å². The molecule has 0 aliphatic heterocycles. The molecule has 25 heavy (non-hydrogen) atoms. The lowest BCUT2D eigenvalue weighted by Crippen LogP contribution is -2.19. The summed E-state index contributed by atoms with van der Waals surface area (Å²) < 4.78 is 5.98.